The van der Waals surface area contributed by atoms with Crippen molar-refractivity contribution in [3.8, 4) is 12.0 Å². The van der Waals surface area contributed by atoms with E-state index in [1.54, 1.807) is 0 Å². The van der Waals surface area contributed by atoms with Crippen LogP contribution < -0.4 is 0 Å². The molecule has 0 N–H and O–H groups in total. The first-order valence-electron chi connectivity index (χ1n) is 4.39. The van der Waals surface area contributed by atoms with Crippen molar-refractivity contribution >= 4 is 8.24 Å². The molecule has 1 saturated heterocycles. The van der Waals surface area contributed by atoms with E-state index in [4.69, 9.17) is 6.42 Å². The molecule has 0 saturated carbocycles. The zero-order valence-electron chi connectivity index (χ0n) is 7.56. The van der Waals surface area contributed by atoms with E-state index in [2.05, 4.69) is 23.2 Å². The van der Waals surface area contributed by atoms with E-state index >= 15 is 0 Å². The van der Waals surface area contributed by atoms with Crippen molar-refractivity contribution in [3.05, 3.63) is 0 Å². The highest BCUT2D eigenvalue weighted by Gasteiger charge is 2.27. The Morgan fingerprint density at radius 2 is 1.73 bits per heavy atom. The fourth-order valence-electron chi connectivity index (χ4n) is 1.54. The van der Waals surface area contributed by atoms with E-state index < -0.39 is 8.24 Å². The first-order valence-corrected chi connectivity index (χ1v) is 7.34. The maximum atomic E-state index is 5.51. The highest BCUT2D eigenvalue weighted by atomic mass is 28.3. The van der Waals surface area contributed by atoms with Crippen molar-refractivity contribution in [2.45, 2.75) is 32.4 Å². The van der Waals surface area contributed by atoms with Crippen LogP contribution in [0.5, 0.6) is 0 Å². The van der Waals surface area contributed by atoms with Crippen LogP contribution in [0, 0.1) is 12.0 Å². The van der Waals surface area contributed by atoms with Gasteiger partial charge >= 0.3 is 0 Å². The highest BCUT2D eigenvalue weighted by Crippen LogP contribution is 2.16. The molecule has 0 aromatic carbocycles. The number of terminal acetylenes is 1. The zero-order valence-corrected chi connectivity index (χ0v) is 8.56. The molecular weight excluding hydrogens is 150 g/mol. The molecule has 0 aliphatic carbocycles. The fourth-order valence-corrected chi connectivity index (χ4v) is 3.16. The van der Waals surface area contributed by atoms with Gasteiger partial charge in [-0.05, 0) is 39.0 Å². The van der Waals surface area contributed by atoms with Gasteiger partial charge in [0.15, 0.2) is 0 Å². The van der Waals surface area contributed by atoms with Crippen molar-refractivity contribution in [1.82, 2.24) is 4.57 Å². The average molecular weight is 167 g/mol. The van der Waals surface area contributed by atoms with Gasteiger partial charge in [-0.1, -0.05) is 6.42 Å². The summed E-state index contributed by atoms with van der Waals surface area (Å²) in [5.41, 5.74) is 2.98. The summed E-state index contributed by atoms with van der Waals surface area (Å²) in [6, 6.07) is 0. The van der Waals surface area contributed by atoms with Crippen molar-refractivity contribution in [2.75, 3.05) is 13.1 Å². The molecule has 0 unspecified atom stereocenters. The summed E-state index contributed by atoms with van der Waals surface area (Å²) in [6.07, 6.45) is 9.59. The van der Waals surface area contributed by atoms with E-state index in [1.165, 1.54) is 32.4 Å². The molecule has 0 atom stereocenters. The fraction of sp³-hybridized carbons (Fsp3) is 0.778. The SMILES string of the molecule is C#C[Si](C)(C)N1CCCCC1. The number of nitrogens with zero attached hydrogens (tertiary/aromatic N) is 1. The standard InChI is InChI=1S/C9H17NSi/c1-4-11(2,3)10-8-6-5-7-9-10/h1H,5-9H2,2-3H3. The Morgan fingerprint density at radius 3 is 2.18 bits per heavy atom. The van der Waals surface area contributed by atoms with Crippen LogP contribution in [-0.4, -0.2) is 25.9 Å². The largest absolute Gasteiger partial charge is 0.314 e. The van der Waals surface area contributed by atoms with Crippen LogP contribution in [-0.2, 0) is 0 Å². The zero-order chi connectivity index (χ0) is 8.32. The molecule has 0 aromatic rings. The molecular formula is C9H17NSi. The van der Waals surface area contributed by atoms with Crippen LogP contribution in [0.1, 0.15) is 19.3 Å². The summed E-state index contributed by atoms with van der Waals surface area (Å²) in [5.74, 6) is 0. The Bertz CT molecular complexity index is 163. The second kappa shape index (κ2) is 3.42. The molecule has 0 spiro atoms. The van der Waals surface area contributed by atoms with Crippen molar-refractivity contribution in [2.24, 2.45) is 0 Å². The summed E-state index contributed by atoms with van der Waals surface area (Å²) < 4.78 is 2.54. The van der Waals surface area contributed by atoms with Gasteiger partial charge in [0.05, 0.1) is 0 Å². The molecule has 1 aliphatic rings. The normalized spacial score (nSPS) is 21.2. The van der Waals surface area contributed by atoms with E-state index in [0.717, 1.165) is 0 Å². The third-order valence-corrected chi connectivity index (χ3v) is 5.23. The molecule has 0 bridgehead atoms. The van der Waals surface area contributed by atoms with Gasteiger partial charge in [-0.2, -0.15) is 0 Å². The molecule has 0 amide bonds. The predicted octanol–water partition coefficient (Wildman–Crippen LogP) is 1.85. The second-order valence-electron chi connectivity index (χ2n) is 3.75. The van der Waals surface area contributed by atoms with Gasteiger partial charge in [0, 0.05) is 0 Å². The van der Waals surface area contributed by atoms with Gasteiger partial charge in [0.25, 0.3) is 0 Å². The Hall–Kier alpha value is -0.263. The van der Waals surface area contributed by atoms with Gasteiger partial charge < -0.3 is 4.57 Å². The predicted molar refractivity (Wildman–Crippen MR) is 51.7 cm³/mol. The van der Waals surface area contributed by atoms with Crippen LogP contribution >= 0.6 is 0 Å². The Kier molecular flexibility index (Phi) is 2.75. The lowest BCUT2D eigenvalue weighted by molar-refractivity contribution is 0.349. The lowest BCUT2D eigenvalue weighted by atomic mass is 10.2. The Labute approximate surface area is 70.9 Å². The number of hydrogen-bond donors (Lipinski definition) is 0. The summed E-state index contributed by atoms with van der Waals surface area (Å²) in [4.78, 5) is 0. The summed E-state index contributed by atoms with van der Waals surface area (Å²) in [7, 11) is -1.42. The minimum Gasteiger partial charge on any atom is -0.314 e. The van der Waals surface area contributed by atoms with Crippen LogP contribution in [0.15, 0.2) is 0 Å². The van der Waals surface area contributed by atoms with Crippen LogP contribution in [0.4, 0.5) is 0 Å². The first kappa shape index (κ1) is 8.83. The molecule has 1 fully saturated rings. The molecule has 1 heterocycles. The van der Waals surface area contributed by atoms with Gasteiger partial charge in [-0.3, -0.25) is 0 Å². The van der Waals surface area contributed by atoms with Gasteiger partial charge in [0.1, 0.15) is 0 Å². The first-order chi connectivity index (χ1) is 5.17. The van der Waals surface area contributed by atoms with Crippen LogP contribution in [0.25, 0.3) is 0 Å². The summed E-state index contributed by atoms with van der Waals surface area (Å²) in [5, 5.41) is 0. The number of piperidine rings is 1. The van der Waals surface area contributed by atoms with Gasteiger partial charge in [-0.15, -0.1) is 12.0 Å². The monoisotopic (exact) mass is 167 g/mol. The lowest BCUT2D eigenvalue weighted by Gasteiger charge is -2.35. The molecule has 1 nitrogen and oxygen atoms in total. The highest BCUT2D eigenvalue weighted by molar-refractivity contribution is 6.82. The third kappa shape index (κ3) is 2.08. The van der Waals surface area contributed by atoms with Crippen LogP contribution in [0.3, 0.4) is 0 Å². The number of hydrogen-bond acceptors (Lipinski definition) is 1. The third-order valence-electron chi connectivity index (χ3n) is 2.50. The minimum absolute atomic E-state index is 1.24. The molecule has 1 rings (SSSR count). The topological polar surface area (TPSA) is 3.24 Å². The second-order valence-corrected chi connectivity index (χ2v) is 7.79. The van der Waals surface area contributed by atoms with Crippen molar-refractivity contribution in [3.63, 3.8) is 0 Å². The molecule has 1 aliphatic heterocycles. The maximum absolute atomic E-state index is 5.51. The molecule has 62 valence electrons. The maximum Gasteiger partial charge on any atom is 0.204 e. The molecule has 0 radical (unpaired) electrons. The molecule has 11 heavy (non-hydrogen) atoms. The van der Waals surface area contributed by atoms with Gasteiger partial charge in [-0.25, -0.2) is 0 Å². The Balaban J connectivity index is 2.52. The number of rotatable bonds is 1. The smallest absolute Gasteiger partial charge is 0.204 e. The molecule has 0 aromatic heterocycles. The van der Waals surface area contributed by atoms with E-state index in [-0.39, 0.29) is 0 Å². The van der Waals surface area contributed by atoms with Crippen LogP contribution in [0.2, 0.25) is 13.1 Å². The van der Waals surface area contributed by atoms with E-state index in [9.17, 15) is 0 Å². The summed E-state index contributed by atoms with van der Waals surface area (Å²) in [6.45, 7) is 7.00. The Morgan fingerprint density at radius 1 is 1.18 bits per heavy atom. The van der Waals surface area contributed by atoms with E-state index in [0.29, 0.717) is 0 Å². The molecule has 2 heteroatoms. The van der Waals surface area contributed by atoms with Crippen molar-refractivity contribution in [1.29, 1.82) is 0 Å². The average Bonchev–Trinajstić information content (AvgIpc) is 2.06. The minimum atomic E-state index is -1.42. The van der Waals surface area contributed by atoms with Gasteiger partial charge in [0.2, 0.25) is 8.24 Å². The summed E-state index contributed by atoms with van der Waals surface area (Å²) >= 11 is 0. The van der Waals surface area contributed by atoms with E-state index in [1.807, 2.05) is 0 Å². The lowest BCUT2D eigenvalue weighted by Crippen LogP contribution is -2.50. The van der Waals surface area contributed by atoms with Crippen molar-refractivity contribution < 1.29 is 0 Å². The quantitative estimate of drug-likeness (QED) is 0.425.